The molecule has 0 aliphatic heterocycles. The van der Waals surface area contributed by atoms with Crippen molar-refractivity contribution in [2.24, 2.45) is 0 Å². The average Bonchev–Trinajstić information content (AvgIpc) is 2.51. The monoisotopic (exact) mass is 296 g/mol. The zero-order chi connectivity index (χ0) is 15.3. The van der Waals surface area contributed by atoms with E-state index < -0.39 is 0 Å². The predicted molar refractivity (Wildman–Crippen MR) is 80.4 cm³/mol. The number of rotatable bonds is 11. The van der Waals surface area contributed by atoms with Crippen molar-refractivity contribution in [2.75, 3.05) is 47.1 Å². The Kier molecular flexibility index (Phi) is 9.19. The van der Waals surface area contributed by atoms with Gasteiger partial charge >= 0.3 is 0 Å². The maximum Gasteiger partial charge on any atom is 0.258 e. The Bertz CT molecular complexity index is 395. The van der Waals surface area contributed by atoms with E-state index in [0.717, 1.165) is 18.7 Å². The van der Waals surface area contributed by atoms with Gasteiger partial charge in [0, 0.05) is 33.9 Å². The third-order valence-corrected chi connectivity index (χ3v) is 2.73. The largest absolute Gasteiger partial charge is 0.484 e. The SMILES string of the molecule is COCCNCc1ccc(OCC(=O)NCCOC)cc1. The fourth-order valence-corrected chi connectivity index (χ4v) is 1.60. The number of carbonyl (C=O) groups is 1. The van der Waals surface area contributed by atoms with Gasteiger partial charge in [-0.3, -0.25) is 4.79 Å². The van der Waals surface area contributed by atoms with Crippen LogP contribution in [0.2, 0.25) is 0 Å². The first-order chi connectivity index (χ1) is 10.3. The number of hydrogen-bond acceptors (Lipinski definition) is 5. The molecule has 0 atom stereocenters. The van der Waals surface area contributed by atoms with E-state index in [1.165, 1.54) is 0 Å². The van der Waals surface area contributed by atoms with Crippen molar-refractivity contribution in [1.29, 1.82) is 0 Å². The lowest BCUT2D eigenvalue weighted by Crippen LogP contribution is -2.31. The van der Waals surface area contributed by atoms with Crippen molar-refractivity contribution in [2.45, 2.75) is 6.54 Å². The van der Waals surface area contributed by atoms with E-state index in [0.29, 0.717) is 25.5 Å². The lowest BCUT2D eigenvalue weighted by molar-refractivity contribution is -0.123. The molecule has 0 radical (unpaired) electrons. The molecule has 6 nitrogen and oxygen atoms in total. The van der Waals surface area contributed by atoms with Crippen molar-refractivity contribution in [3.63, 3.8) is 0 Å². The fraction of sp³-hybridized carbons (Fsp3) is 0.533. The van der Waals surface area contributed by atoms with E-state index in [1.807, 2.05) is 24.3 Å². The molecule has 0 saturated heterocycles. The second-order valence-electron chi connectivity index (χ2n) is 4.44. The van der Waals surface area contributed by atoms with Crippen LogP contribution in [0.15, 0.2) is 24.3 Å². The maximum atomic E-state index is 11.4. The molecule has 0 unspecified atom stereocenters. The van der Waals surface area contributed by atoms with Gasteiger partial charge in [-0.1, -0.05) is 12.1 Å². The zero-order valence-corrected chi connectivity index (χ0v) is 12.7. The number of amides is 1. The van der Waals surface area contributed by atoms with Crippen molar-refractivity contribution in [3.05, 3.63) is 29.8 Å². The molecule has 1 rings (SSSR count). The van der Waals surface area contributed by atoms with Crippen LogP contribution in [-0.4, -0.2) is 53.0 Å². The summed E-state index contributed by atoms with van der Waals surface area (Å²) in [6, 6.07) is 7.65. The summed E-state index contributed by atoms with van der Waals surface area (Å²) in [5, 5.41) is 5.95. The van der Waals surface area contributed by atoms with Crippen molar-refractivity contribution < 1.29 is 19.0 Å². The van der Waals surface area contributed by atoms with Gasteiger partial charge in [0.15, 0.2) is 6.61 Å². The summed E-state index contributed by atoms with van der Waals surface area (Å²) in [5.41, 5.74) is 1.16. The molecular weight excluding hydrogens is 272 g/mol. The van der Waals surface area contributed by atoms with Crippen LogP contribution in [0.4, 0.5) is 0 Å². The van der Waals surface area contributed by atoms with Crippen molar-refractivity contribution in [1.82, 2.24) is 10.6 Å². The summed E-state index contributed by atoms with van der Waals surface area (Å²) in [4.78, 5) is 11.4. The summed E-state index contributed by atoms with van der Waals surface area (Å²) < 4.78 is 15.2. The van der Waals surface area contributed by atoms with Gasteiger partial charge in [0.25, 0.3) is 5.91 Å². The summed E-state index contributed by atoms with van der Waals surface area (Å²) in [6.07, 6.45) is 0. The van der Waals surface area contributed by atoms with Crippen LogP contribution in [0.3, 0.4) is 0 Å². The summed E-state index contributed by atoms with van der Waals surface area (Å²) >= 11 is 0. The van der Waals surface area contributed by atoms with Crippen LogP contribution in [-0.2, 0) is 20.8 Å². The average molecular weight is 296 g/mol. The second kappa shape index (κ2) is 11.1. The minimum absolute atomic E-state index is 0.00908. The minimum Gasteiger partial charge on any atom is -0.484 e. The van der Waals surface area contributed by atoms with Gasteiger partial charge in [-0.05, 0) is 17.7 Å². The van der Waals surface area contributed by atoms with Crippen LogP contribution < -0.4 is 15.4 Å². The van der Waals surface area contributed by atoms with Crippen molar-refractivity contribution >= 4 is 5.91 Å². The molecule has 0 aromatic heterocycles. The molecule has 0 aliphatic rings. The predicted octanol–water partition coefficient (Wildman–Crippen LogP) is 0.564. The van der Waals surface area contributed by atoms with E-state index in [1.54, 1.807) is 14.2 Å². The van der Waals surface area contributed by atoms with Gasteiger partial charge in [0.05, 0.1) is 13.2 Å². The zero-order valence-electron chi connectivity index (χ0n) is 12.7. The van der Waals surface area contributed by atoms with Crippen LogP contribution in [0.5, 0.6) is 5.75 Å². The molecule has 0 heterocycles. The molecule has 1 amide bonds. The van der Waals surface area contributed by atoms with Gasteiger partial charge < -0.3 is 24.8 Å². The fourth-order valence-electron chi connectivity index (χ4n) is 1.60. The quantitative estimate of drug-likeness (QED) is 0.584. The molecule has 1 aromatic rings. The number of ether oxygens (including phenoxy) is 3. The minimum atomic E-state index is -0.155. The highest BCUT2D eigenvalue weighted by molar-refractivity contribution is 5.77. The first-order valence-electron chi connectivity index (χ1n) is 6.93. The lowest BCUT2D eigenvalue weighted by atomic mass is 10.2. The molecule has 2 N–H and O–H groups in total. The maximum absolute atomic E-state index is 11.4. The Hall–Kier alpha value is -1.63. The Morgan fingerprint density at radius 1 is 1.05 bits per heavy atom. The lowest BCUT2D eigenvalue weighted by Gasteiger charge is -2.08. The van der Waals surface area contributed by atoms with Crippen LogP contribution in [0, 0.1) is 0 Å². The molecule has 0 spiro atoms. The molecule has 0 fully saturated rings. The van der Waals surface area contributed by atoms with E-state index >= 15 is 0 Å². The standard InChI is InChI=1S/C15H24N2O4/c1-19-9-7-16-11-13-3-5-14(6-4-13)21-12-15(18)17-8-10-20-2/h3-6,16H,7-12H2,1-2H3,(H,17,18). The number of benzene rings is 1. The number of methoxy groups -OCH3 is 2. The third-order valence-electron chi connectivity index (χ3n) is 2.73. The summed E-state index contributed by atoms with van der Waals surface area (Å²) in [7, 11) is 3.27. The second-order valence-corrected chi connectivity index (χ2v) is 4.44. The summed E-state index contributed by atoms with van der Waals surface area (Å²) in [5.74, 6) is 0.523. The Morgan fingerprint density at radius 3 is 2.38 bits per heavy atom. The van der Waals surface area contributed by atoms with E-state index in [4.69, 9.17) is 14.2 Å². The summed E-state index contributed by atoms with van der Waals surface area (Å²) in [6.45, 7) is 3.29. The van der Waals surface area contributed by atoms with Crippen molar-refractivity contribution in [3.8, 4) is 5.75 Å². The van der Waals surface area contributed by atoms with Gasteiger partial charge in [0.1, 0.15) is 5.75 Å². The normalized spacial score (nSPS) is 10.4. The molecular formula is C15H24N2O4. The Morgan fingerprint density at radius 2 is 1.71 bits per heavy atom. The molecule has 118 valence electrons. The Labute approximate surface area is 125 Å². The molecule has 6 heteroatoms. The molecule has 1 aromatic carbocycles. The van der Waals surface area contributed by atoms with E-state index in [-0.39, 0.29) is 12.5 Å². The topological polar surface area (TPSA) is 68.8 Å². The highest BCUT2D eigenvalue weighted by atomic mass is 16.5. The first-order valence-corrected chi connectivity index (χ1v) is 6.93. The number of nitrogens with one attached hydrogen (secondary N) is 2. The first kappa shape index (κ1) is 17.4. The van der Waals surface area contributed by atoms with Gasteiger partial charge in [-0.25, -0.2) is 0 Å². The van der Waals surface area contributed by atoms with Crippen LogP contribution in [0.1, 0.15) is 5.56 Å². The van der Waals surface area contributed by atoms with E-state index in [2.05, 4.69) is 10.6 Å². The molecule has 0 bridgehead atoms. The van der Waals surface area contributed by atoms with Gasteiger partial charge in [0.2, 0.25) is 0 Å². The van der Waals surface area contributed by atoms with Crippen LogP contribution >= 0.6 is 0 Å². The third kappa shape index (κ3) is 8.29. The molecule has 21 heavy (non-hydrogen) atoms. The smallest absolute Gasteiger partial charge is 0.258 e. The van der Waals surface area contributed by atoms with Crippen LogP contribution in [0.25, 0.3) is 0 Å². The van der Waals surface area contributed by atoms with Gasteiger partial charge in [-0.15, -0.1) is 0 Å². The Balaban J connectivity index is 2.22. The highest BCUT2D eigenvalue weighted by Crippen LogP contribution is 2.11. The van der Waals surface area contributed by atoms with E-state index in [9.17, 15) is 4.79 Å². The number of carbonyl (C=O) groups excluding carboxylic acids is 1. The number of hydrogen-bond donors (Lipinski definition) is 2. The molecule has 0 aliphatic carbocycles. The highest BCUT2D eigenvalue weighted by Gasteiger charge is 2.02. The van der Waals surface area contributed by atoms with Gasteiger partial charge in [-0.2, -0.15) is 0 Å². The molecule has 0 saturated carbocycles.